The topological polar surface area (TPSA) is 60.8 Å². The zero-order chi connectivity index (χ0) is 13.1. The van der Waals surface area contributed by atoms with Crippen LogP contribution in [0, 0.1) is 0 Å². The molecule has 1 fully saturated rings. The predicted molar refractivity (Wildman–Crippen MR) is 68.5 cm³/mol. The van der Waals surface area contributed by atoms with Crippen molar-refractivity contribution in [3.05, 3.63) is 32.7 Å². The van der Waals surface area contributed by atoms with Gasteiger partial charge in [-0.05, 0) is 22.0 Å². The lowest BCUT2D eigenvalue weighted by Gasteiger charge is -2.30. The van der Waals surface area contributed by atoms with Gasteiger partial charge in [0.15, 0.2) is 0 Å². The molecule has 0 saturated carbocycles. The molecule has 98 valence electrons. The minimum atomic E-state index is -0.474. The fraction of sp³-hybridized carbons (Fsp3) is 0.455. The first-order valence-corrected chi connectivity index (χ1v) is 6.26. The van der Waals surface area contributed by atoms with Crippen LogP contribution < -0.4 is 10.6 Å². The molecule has 2 rings (SSSR count). The van der Waals surface area contributed by atoms with Crippen LogP contribution in [0.15, 0.2) is 21.5 Å². The highest BCUT2D eigenvalue weighted by Gasteiger charge is 2.17. The summed E-state index contributed by atoms with van der Waals surface area (Å²) in [6.07, 6.45) is 1.49. The van der Waals surface area contributed by atoms with Crippen molar-refractivity contribution in [3.8, 4) is 0 Å². The number of carbonyl (C=O) groups excluding carboxylic acids is 1. The SMILES string of the molecule is COC(=O)c1cc(Br)c(=O)n(N2CCOCC2)c1. The summed E-state index contributed by atoms with van der Waals surface area (Å²) >= 11 is 3.16. The zero-order valence-electron chi connectivity index (χ0n) is 9.89. The molecule has 18 heavy (non-hydrogen) atoms. The standard InChI is InChI=1S/C11H13BrN2O4/c1-17-11(16)8-6-9(12)10(15)14(7-8)13-2-4-18-5-3-13/h6-7H,2-5H2,1H3. The number of nitrogens with zero attached hydrogens (tertiary/aromatic N) is 2. The van der Waals surface area contributed by atoms with Gasteiger partial charge in [0.05, 0.1) is 43.4 Å². The van der Waals surface area contributed by atoms with Gasteiger partial charge in [-0.25, -0.2) is 9.47 Å². The summed E-state index contributed by atoms with van der Waals surface area (Å²) in [6.45, 7) is 2.34. The second-order valence-corrected chi connectivity index (χ2v) is 4.64. The summed E-state index contributed by atoms with van der Waals surface area (Å²) in [7, 11) is 1.31. The van der Waals surface area contributed by atoms with E-state index in [4.69, 9.17) is 4.74 Å². The molecule has 7 heteroatoms. The van der Waals surface area contributed by atoms with E-state index in [1.165, 1.54) is 24.0 Å². The quantitative estimate of drug-likeness (QED) is 0.738. The van der Waals surface area contributed by atoms with Crippen LogP contribution in [0.25, 0.3) is 0 Å². The molecule has 0 amide bonds. The summed E-state index contributed by atoms with van der Waals surface area (Å²) < 4.78 is 11.6. The number of rotatable bonds is 2. The van der Waals surface area contributed by atoms with Crippen molar-refractivity contribution in [3.63, 3.8) is 0 Å². The number of methoxy groups -OCH3 is 1. The molecule has 0 aromatic carbocycles. The monoisotopic (exact) mass is 316 g/mol. The molecule has 0 N–H and O–H groups in total. The number of morpholine rings is 1. The first-order chi connectivity index (χ1) is 8.63. The number of ether oxygens (including phenoxy) is 2. The Kier molecular flexibility index (Phi) is 4.03. The van der Waals surface area contributed by atoms with E-state index in [9.17, 15) is 9.59 Å². The Balaban J connectivity index is 2.41. The lowest BCUT2D eigenvalue weighted by Crippen LogP contribution is -2.49. The van der Waals surface area contributed by atoms with E-state index < -0.39 is 5.97 Å². The zero-order valence-corrected chi connectivity index (χ0v) is 11.5. The molecule has 0 radical (unpaired) electrons. The van der Waals surface area contributed by atoms with Crippen LogP contribution in [0.4, 0.5) is 0 Å². The third-order valence-electron chi connectivity index (χ3n) is 2.67. The normalized spacial score (nSPS) is 15.6. The van der Waals surface area contributed by atoms with Gasteiger partial charge in [-0.1, -0.05) is 0 Å². The molecule has 1 saturated heterocycles. The molecule has 0 bridgehead atoms. The summed E-state index contributed by atoms with van der Waals surface area (Å²) in [5.74, 6) is -0.474. The van der Waals surface area contributed by atoms with Crippen molar-refractivity contribution in [2.75, 3.05) is 38.4 Å². The Morgan fingerprint density at radius 1 is 1.44 bits per heavy atom. The van der Waals surface area contributed by atoms with E-state index in [-0.39, 0.29) is 5.56 Å². The molecule has 0 spiro atoms. The van der Waals surface area contributed by atoms with Gasteiger partial charge in [0.25, 0.3) is 5.56 Å². The van der Waals surface area contributed by atoms with Crippen molar-refractivity contribution in [1.29, 1.82) is 0 Å². The van der Waals surface area contributed by atoms with Gasteiger partial charge >= 0.3 is 5.97 Å². The fourth-order valence-electron chi connectivity index (χ4n) is 1.74. The van der Waals surface area contributed by atoms with Crippen molar-refractivity contribution in [2.24, 2.45) is 0 Å². The largest absolute Gasteiger partial charge is 0.465 e. The lowest BCUT2D eigenvalue weighted by atomic mass is 10.3. The van der Waals surface area contributed by atoms with Crippen LogP contribution >= 0.6 is 15.9 Å². The van der Waals surface area contributed by atoms with E-state index in [0.717, 1.165) is 0 Å². The minimum absolute atomic E-state index is 0.204. The van der Waals surface area contributed by atoms with Crippen LogP contribution in [-0.2, 0) is 9.47 Å². The average Bonchev–Trinajstić information content (AvgIpc) is 2.41. The number of aromatic nitrogens is 1. The van der Waals surface area contributed by atoms with E-state index >= 15 is 0 Å². The molecule has 2 heterocycles. The Labute approximate surface area is 112 Å². The van der Waals surface area contributed by atoms with Gasteiger partial charge in [-0.15, -0.1) is 0 Å². The number of halogens is 1. The van der Waals surface area contributed by atoms with Crippen molar-refractivity contribution >= 4 is 21.9 Å². The van der Waals surface area contributed by atoms with Crippen LogP contribution in [0.2, 0.25) is 0 Å². The third kappa shape index (κ3) is 2.56. The summed E-state index contributed by atoms with van der Waals surface area (Å²) in [5, 5.41) is 1.84. The maximum Gasteiger partial charge on any atom is 0.339 e. The Bertz CT molecular complexity index is 508. The fourth-order valence-corrected chi connectivity index (χ4v) is 2.17. The van der Waals surface area contributed by atoms with Gasteiger partial charge in [0.2, 0.25) is 0 Å². The maximum absolute atomic E-state index is 12.0. The minimum Gasteiger partial charge on any atom is -0.465 e. The molecular weight excluding hydrogens is 304 g/mol. The second kappa shape index (κ2) is 5.53. The lowest BCUT2D eigenvalue weighted by molar-refractivity contribution is 0.0599. The van der Waals surface area contributed by atoms with E-state index in [1.54, 1.807) is 0 Å². The molecule has 0 aliphatic carbocycles. The molecular formula is C11H13BrN2O4. The van der Waals surface area contributed by atoms with Crippen molar-refractivity contribution in [1.82, 2.24) is 4.68 Å². The molecule has 1 aliphatic heterocycles. The van der Waals surface area contributed by atoms with E-state index in [2.05, 4.69) is 20.7 Å². The third-order valence-corrected chi connectivity index (χ3v) is 3.24. The van der Waals surface area contributed by atoms with E-state index in [1.807, 2.05) is 5.01 Å². The van der Waals surface area contributed by atoms with Crippen LogP contribution in [0.1, 0.15) is 10.4 Å². The molecule has 1 aromatic rings. The first kappa shape index (κ1) is 13.1. The molecule has 1 aromatic heterocycles. The highest BCUT2D eigenvalue weighted by Crippen LogP contribution is 2.09. The van der Waals surface area contributed by atoms with Gasteiger partial charge in [-0.3, -0.25) is 4.79 Å². The molecule has 0 atom stereocenters. The number of carbonyl (C=O) groups is 1. The summed E-state index contributed by atoms with van der Waals surface area (Å²) in [4.78, 5) is 23.5. The number of hydrogen-bond acceptors (Lipinski definition) is 5. The Hall–Kier alpha value is -1.34. The van der Waals surface area contributed by atoms with E-state index in [0.29, 0.717) is 36.3 Å². The number of esters is 1. The average molecular weight is 317 g/mol. The van der Waals surface area contributed by atoms with Crippen molar-refractivity contribution < 1.29 is 14.3 Å². The number of pyridine rings is 1. The van der Waals surface area contributed by atoms with Gasteiger partial charge in [0.1, 0.15) is 0 Å². The highest BCUT2D eigenvalue weighted by molar-refractivity contribution is 9.10. The smallest absolute Gasteiger partial charge is 0.339 e. The second-order valence-electron chi connectivity index (χ2n) is 3.78. The number of hydrogen-bond donors (Lipinski definition) is 0. The molecule has 1 aliphatic rings. The maximum atomic E-state index is 12.0. The van der Waals surface area contributed by atoms with Crippen LogP contribution in [-0.4, -0.2) is 44.1 Å². The van der Waals surface area contributed by atoms with Gasteiger partial charge in [-0.2, -0.15) is 0 Å². The van der Waals surface area contributed by atoms with Crippen LogP contribution in [0.5, 0.6) is 0 Å². The van der Waals surface area contributed by atoms with Crippen molar-refractivity contribution in [2.45, 2.75) is 0 Å². The molecule has 0 unspecified atom stereocenters. The Morgan fingerprint density at radius 2 is 2.11 bits per heavy atom. The molecule has 6 nitrogen and oxygen atoms in total. The van der Waals surface area contributed by atoms with Gasteiger partial charge < -0.3 is 14.5 Å². The van der Waals surface area contributed by atoms with Crippen LogP contribution in [0.3, 0.4) is 0 Å². The first-order valence-electron chi connectivity index (χ1n) is 5.47. The highest BCUT2D eigenvalue weighted by atomic mass is 79.9. The van der Waals surface area contributed by atoms with Gasteiger partial charge in [0, 0.05) is 6.20 Å². The summed E-state index contributed by atoms with van der Waals surface area (Å²) in [6, 6.07) is 1.46. The Morgan fingerprint density at radius 3 is 2.72 bits per heavy atom. The summed E-state index contributed by atoms with van der Waals surface area (Å²) in [5.41, 5.74) is 0.125. The predicted octanol–water partition coefficient (Wildman–Crippen LogP) is 0.366.